The van der Waals surface area contributed by atoms with Crippen molar-refractivity contribution in [2.45, 2.75) is 56.9 Å². The predicted molar refractivity (Wildman–Crippen MR) is 117 cm³/mol. The van der Waals surface area contributed by atoms with E-state index in [2.05, 4.69) is 42.3 Å². The number of carbonyl (C=O) groups excluding carboxylic acids is 2. The third-order valence-corrected chi connectivity index (χ3v) is 6.27. The van der Waals surface area contributed by atoms with Gasteiger partial charge in [0.2, 0.25) is 5.91 Å². The van der Waals surface area contributed by atoms with Gasteiger partial charge in [-0.05, 0) is 58.2 Å². The molecule has 2 aromatic rings. The van der Waals surface area contributed by atoms with Gasteiger partial charge in [-0.3, -0.25) is 9.59 Å². The van der Waals surface area contributed by atoms with Gasteiger partial charge in [0.1, 0.15) is 5.03 Å². The van der Waals surface area contributed by atoms with Gasteiger partial charge in [0.05, 0.1) is 16.9 Å². The van der Waals surface area contributed by atoms with Crippen LogP contribution in [0.25, 0.3) is 0 Å². The predicted octanol–water partition coefficient (Wildman–Crippen LogP) is 4.29. The largest absolute Gasteiger partial charge is 0.345 e. The van der Waals surface area contributed by atoms with Crippen LogP contribution in [0.2, 0.25) is 0 Å². The Morgan fingerprint density at radius 1 is 1.10 bits per heavy atom. The number of thioether (sulfide) groups is 1. The van der Waals surface area contributed by atoms with Crippen LogP contribution in [0.4, 0.5) is 0 Å². The van der Waals surface area contributed by atoms with Crippen LogP contribution in [-0.2, 0) is 4.79 Å². The quantitative estimate of drug-likeness (QED) is 0.720. The van der Waals surface area contributed by atoms with Gasteiger partial charge in [-0.25, -0.2) is 4.98 Å². The van der Waals surface area contributed by atoms with E-state index in [1.165, 1.54) is 22.9 Å². The molecule has 5 nitrogen and oxygen atoms in total. The fourth-order valence-corrected chi connectivity index (χ4v) is 4.68. The Labute approximate surface area is 177 Å². The Kier molecular flexibility index (Phi) is 6.96. The molecule has 1 N–H and O–H groups in total. The maximum absolute atomic E-state index is 13.0. The zero-order valence-electron chi connectivity index (χ0n) is 17.6. The van der Waals surface area contributed by atoms with Crippen LogP contribution in [0.5, 0.6) is 0 Å². The Hall–Kier alpha value is -2.34. The van der Waals surface area contributed by atoms with Crippen LogP contribution in [-0.4, -0.2) is 40.0 Å². The number of aromatic nitrogens is 1. The summed E-state index contributed by atoms with van der Waals surface area (Å²) in [6, 6.07) is 9.70. The molecule has 29 heavy (non-hydrogen) atoms. The molecular formula is C23H29N3O2S. The second kappa shape index (κ2) is 9.44. The van der Waals surface area contributed by atoms with E-state index < -0.39 is 0 Å². The number of nitrogens with zero attached hydrogens (tertiary/aromatic N) is 2. The van der Waals surface area contributed by atoms with Gasteiger partial charge >= 0.3 is 0 Å². The highest BCUT2D eigenvalue weighted by Crippen LogP contribution is 2.27. The molecule has 1 aliphatic rings. The molecule has 2 unspecified atom stereocenters. The van der Waals surface area contributed by atoms with E-state index in [4.69, 9.17) is 0 Å². The molecule has 0 bridgehead atoms. The monoisotopic (exact) mass is 411 g/mol. The van der Waals surface area contributed by atoms with Crippen LogP contribution in [0.3, 0.4) is 0 Å². The van der Waals surface area contributed by atoms with Crippen molar-refractivity contribution in [2.24, 2.45) is 0 Å². The normalized spacial score (nSPS) is 15.8. The molecule has 1 saturated heterocycles. The van der Waals surface area contributed by atoms with Crippen molar-refractivity contribution in [3.63, 3.8) is 0 Å². The zero-order chi connectivity index (χ0) is 21.0. The second-order valence-electron chi connectivity index (χ2n) is 7.76. The summed E-state index contributed by atoms with van der Waals surface area (Å²) >= 11 is 1.36. The van der Waals surface area contributed by atoms with Crippen LogP contribution >= 0.6 is 11.8 Å². The van der Waals surface area contributed by atoms with Gasteiger partial charge in [-0.2, -0.15) is 0 Å². The third kappa shape index (κ3) is 5.38. The average molecular weight is 412 g/mol. The number of carbonyl (C=O) groups is 2. The summed E-state index contributed by atoms with van der Waals surface area (Å²) in [7, 11) is 0. The first-order chi connectivity index (χ1) is 13.8. The molecule has 1 aliphatic heterocycles. The van der Waals surface area contributed by atoms with E-state index in [0.29, 0.717) is 10.6 Å². The van der Waals surface area contributed by atoms with E-state index in [0.717, 1.165) is 31.5 Å². The number of aryl methyl sites for hydroxylation is 2. The van der Waals surface area contributed by atoms with E-state index in [1.807, 2.05) is 18.7 Å². The number of rotatable bonds is 6. The minimum absolute atomic E-state index is 0.119. The highest BCUT2D eigenvalue weighted by atomic mass is 32.2. The van der Waals surface area contributed by atoms with Crippen molar-refractivity contribution in [1.29, 1.82) is 0 Å². The smallest absolute Gasteiger partial charge is 0.254 e. The molecule has 154 valence electrons. The Morgan fingerprint density at radius 3 is 2.41 bits per heavy atom. The fourth-order valence-electron chi connectivity index (χ4n) is 3.69. The SMILES string of the molecule is Cc1cc(C)cc(C(C)NC(=O)c2cccnc2SC(C)C(=O)N2CCCC2)c1. The molecule has 2 amide bonds. The van der Waals surface area contributed by atoms with E-state index in [1.54, 1.807) is 18.3 Å². The van der Waals surface area contributed by atoms with Crippen LogP contribution in [0, 0.1) is 13.8 Å². The maximum Gasteiger partial charge on any atom is 0.254 e. The Balaban J connectivity index is 1.71. The zero-order valence-corrected chi connectivity index (χ0v) is 18.4. The van der Waals surface area contributed by atoms with Gasteiger partial charge in [-0.1, -0.05) is 41.1 Å². The van der Waals surface area contributed by atoms with Crippen molar-refractivity contribution in [2.75, 3.05) is 13.1 Å². The molecule has 0 saturated carbocycles. The summed E-state index contributed by atoms with van der Waals surface area (Å²) in [6.07, 6.45) is 3.80. The highest BCUT2D eigenvalue weighted by Gasteiger charge is 2.26. The van der Waals surface area contributed by atoms with Crippen molar-refractivity contribution < 1.29 is 9.59 Å². The number of benzene rings is 1. The van der Waals surface area contributed by atoms with Crippen molar-refractivity contribution >= 4 is 23.6 Å². The van der Waals surface area contributed by atoms with Gasteiger partial charge in [0.25, 0.3) is 5.91 Å². The first-order valence-electron chi connectivity index (χ1n) is 10.1. The summed E-state index contributed by atoms with van der Waals surface area (Å²) < 4.78 is 0. The summed E-state index contributed by atoms with van der Waals surface area (Å²) in [6.45, 7) is 9.63. The second-order valence-corrected chi connectivity index (χ2v) is 9.09. The molecule has 1 aromatic heterocycles. The summed E-state index contributed by atoms with van der Waals surface area (Å²) in [4.78, 5) is 31.9. The van der Waals surface area contributed by atoms with E-state index >= 15 is 0 Å². The number of pyridine rings is 1. The number of nitrogens with one attached hydrogen (secondary N) is 1. The number of likely N-dealkylation sites (tertiary alicyclic amines) is 1. The molecule has 3 rings (SSSR count). The molecule has 1 fully saturated rings. The molecule has 0 aliphatic carbocycles. The first kappa shape index (κ1) is 21.4. The van der Waals surface area contributed by atoms with Gasteiger partial charge < -0.3 is 10.2 Å². The number of hydrogen-bond acceptors (Lipinski definition) is 4. The Bertz CT molecular complexity index is 873. The molecule has 0 spiro atoms. The average Bonchev–Trinajstić information content (AvgIpc) is 3.21. The molecular weight excluding hydrogens is 382 g/mol. The van der Waals surface area contributed by atoms with Gasteiger partial charge in [0.15, 0.2) is 0 Å². The lowest BCUT2D eigenvalue weighted by molar-refractivity contribution is -0.129. The standard InChI is InChI=1S/C23H29N3O2S/c1-15-12-16(2)14-19(13-15)17(3)25-21(27)20-8-7-9-24-22(20)29-18(4)23(28)26-10-5-6-11-26/h7-9,12-14,17-18H,5-6,10-11H2,1-4H3,(H,25,27). The summed E-state index contributed by atoms with van der Waals surface area (Å²) in [5, 5.41) is 3.40. The molecule has 6 heteroatoms. The molecule has 2 heterocycles. The number of amides is 2. The van der Waals surface area contributed by atoms with Crippen molar-refractivity contribution in [1.82, 2.24) is 15.2 Å². The van der Waals surface area contributed by atoms with Crippen LogP contribution in [0.15, 0.2) is 41.6 Å². The maximum atomic E-state index is 13.0. The van der Waals surface area contributed by atoms with Crippen molar-refractivity contribution in [3.8, 4) is 0 Å². The topological polar surface area (TPSA) is 62.3 Å². The van der Waals surface area contributed by atoms with Crippen LogP contribution < -0.4 is 5.32 Å². The molecule has 1 aromatic carbocycles. The molecule has 0 radical (unpaired) electrons. The van der Waals surface area contributed by atoms with Crippen LogP contribution in [0.1, 0.15) is 59.8 Å². The van der Waals surface area contributed by atoms with E-state index in [9.17, 15) is 9.59 Å². The summed E-state index contributed by atoms with van der Waals surface area (Å²) in [5.74, 6) is -0.0544. The summed E-state index contributed by atoms with van der Waals surface area (Å²) in [5.41, 5.74) is 3.93. The van der Waals surface area contributed by atoms with Gasteiger partial charge in [-0.15, -0.1) is 0 Å². The van der Waals surface area contributed by atoms with Gasteiger partial charge in [0, 0.05) is 19.3 Å². The lowest BCUT2D eigenvalue weighted by Crippen LogP contribution is -2.34. The fraction of sp³-hybridized carbons (Fsp3) is 0.435. The minimum Gasteiger partial charge on any atom is -0.345 e. The number of hydrogen-bond donors (Lipinski definition) is 1. The third-order valence-electron chi connectivity index (χ3n) is 5.16. The van der Waals surface area contributed by atoms with Crippen molar-refractivity contribution in [3.05, 3.63) is 58.8 Å². The minimum atomic E-state index is -0.272. The first-order valence-corrected chi connectivity index (χ1v) is 11.0. The van der Waals surface area contributed by atoms with E-state index in [-0.39, 0.29) is 23.1 Å². The Morgan fingerprint density at radius 2 is 1.76 bits per heavy atom. The lowest BCUT2D eigenvalue weighted by atomic mass is 10.0. The highest BCUT2D eigenvalue weighted by molar-refractivity contribution is 8.00. The lowest BCUT2D eigenvalue weighted by Gasteiger charge is -2.21. The molecule has 2 atom stereocenters.